The zero-order chi connectivity index (χ0) is 18.7. The van der Waals surface area contributed by atoms with Gasteiger partial charge in [-0.05, 0) is 19.9 Å². The third-order valence-corrected chi connectivity index (χ3v) is 3.16. The van der Waals surface area contributed by atoms with Gasteiger partial charge < -0.3 is 14.8 Å². The molecule has 1 aromatic carbocycles. The fraction of sp³-hybridized carbons (Fsp3) is 0.500. The molecule has 0 aliphatic heterocycles. The lowest BCUT2D eigenvalue weighted by Crippen LogP contribution is -2.39. The maximum absolute atomic E-state index is 11.6. The van der Waals surface area contributed by atoms with Gasteiger partial charge in [0.1, 0.15) is 5.69 Å². The van der Waals surface area contributed by atoms with Gasteiger partial charge in [0.15, 0.2) is 0 Å². The molecular formula is C16H23N3O6. The fourth-order valence-electron chi connectivity index (χ4n) is 2.12. The highest BCUT2D eigenvalue weighted by Crippen LogP contribution is 2.22. The van der Waals surface area contributed by atoms with E-state index in [2.05, 4.69) is 5.32 Å². The van der Waals surface area contributed by atoms with Crippen molar-refractivity contribution >= 4 is 23.3 Å². The number of esters is 2. The molecule has 0 atom stereocenters. The zero-order valence-corrected chi connectivity index (χ0v) is 14.4. The van der Waals surface area contributed by atoms with Gasteiger partial charge in [-0.1, -0.05) is 12.1 Å². The molecule has 0 aromatic heterocycles. The molecule has 0 aliphatic rings. The first-order chi connectivity index (χ1) is 12.0. The van der Waals surface area contributed by atoms with Gasteiger partial charge in [0.05, 0.1) is 31.2 Å². The average Bonchev–Trinajstić information content (AvgIpc) is 2.55. The molecular weight excluding hydrogens is 330 g/mol. The van der Waals surface area contributed by atoms with E-state index in [1.165, 1.54) is 6.07 Å². The summed E-state index contributed by atoms with van der Waals surface area (Å²) in [7, 11) is 0. The second-order valence-corrected chi connectivity index (χ2v) is 5.02. The van der Waals surface area contributed by atoms with Crippen LogP contribution in [0.2, 0.25) is 0 Å². The van der Waals surface area contributed by atoms with E-state index in [1.807, 2.05) is 0 Å². The lowest BCUT2D eigenvalue weighted by molar-refractivity contribution is -0.384. The van der Waals surface area contributed by atoms with Crippen LogP contribution in [0.5, 0.6) is 0 Å². The number of nitrogens with one attached hydrogen (secondary N) is 1. The minimum atomic E-state index is -0.475. The summed E-state index contributed by atoms with van der Waals surface area (Å²) in [5.41, 5.74) is 0.338. The normalized spacial score (nSPS) is 10.4. The van der Waals surface area contributed by atoms with Crippen LogP contribution < -0.4 is 5.32 Å². The summed E-state index contributed by atoms with van der Waals surface area (Å²) in [5.74, 6) is -0.894. The Balaban J connectivity index is 2.63. The lowest BCUT2D eigenvalue weighted by Gasteiger charge is -2.20. The molecule has 9 nitrogen and oxygen atoms in total. The van der Waals surface area contributed by atoms with Crippen molar-refractivity contribution in [3.63, 3.8) is 0 Å². The minimum absolute atomic E-state index is 0.0372. The van der Waals surface area contributed by atoms with E-state index in [0.29, 0.717) is 18.8 Å². The first-order valence-electron chi connectivity index (χ1n) is 7.98. The largest absolute Gasteiger partial charge is 0.465 e. The first-order valence-corrected chi connectivity index (χ1v) is 7.98. The third-order valence-electron chi connectivity index (χ3n) is 3.16. The van der Waals surface area contributed by atoms with Crippen molar-refractivity contribution in [3.05, 3.63) is 34.4 Å². The molecule has 0 saturated heterocycles. The van der Waals surface area contributed by atoms with E-state index in [1.54, 1.807) is 36.9 Å². The molecule has 138 valence electrons. The zero-order valence-electron chi connectivity index (χ0n) is 14.4. The predicted molar refractivity (Wildman–Crippen MR) is 91.3 cm³/mol. The van der Waals surface area contributed by atoms with Crippen LogP contribution in [-0.2, 0) is 19.1 Å². The van der Waals surface area contributed by atoms with Crippen LogP contribution in [0.15, 0.2) is 24.3 Å². The lowest BCUT2D eigenvalue weighted by atomic mass is 10.2. The quantitative estimate of drug-likeness (QED) is 0.361. The molecule has 25 heavy (non-hydrogen) atoms. The second kappa shape index (κ2) is 11.0. The smallest absolute Gasteiger partial charge is 0.320 e. The predicted octanol–water partition coefficient (Wildman–Crippen LogP) is 1.43. The van der Waals surface area contributed by atoms with E-state index >= 15 is 0 Å². The van der Waals surface area contributed by atoms with Gasteiger partial charge in [0, 0.05) is 19.2 Å². The Morgan fingerprint density at radius 3 is 2.20 bits per heavy atom. The van der Waals surface area contributed by atoms with Crippen molar-refractivity contribution in [1.29, 1.82) is 0 Å². The number of hydrogen-bond acceptors (Lipinski definition) is 8. The summed E-state index contributed by atoms with van der Waals surface area (Å²) in [6.45, 7) is 4.39. The van der Waals surface area contributed by atoms with Gasteiger partial charge in [0.2, 0.25) is 0 Å². The standard InChI is InChI=1S/C16H23N3O6/c1-3-24-15(20)11-18(12-16(21)25-4-2)10-9-17-13-7-5-6-8-14(13)19(22)23/h5-8,17H,3-4,9-12H2,1-2H3. The van der Waals surface area contributed by atoms with Crippen molar-refractivity contribution in [2.45, 2.75) is 13.8 Å². The molecule has 0 saturated carbocycles. The number of nitro benzene ring substituents is 1. The number of nitro groups is 1. The van der Waals surface area contributed by atoms with Crippen LogP contribution in [0.4, 0.5) is 11.4 Å². The van der Waals surface area contributed by atoms with Crippen LogP contribution in [0.3, 0.4) is 0 Å². The SMILES string of the molecule is CCOC(=O)CN(CCNc1ccccc1[N+](=O)[O-])CC(=O)OCC. The highest BCUT2D eigenvalue weighted by Gasteiger charge is 2.17. The molecule has 9 heteroatoms. The molecule has 1 rings (SSSR count). The molecule has 0 unspecified atom stereocenters. The molecule has 0 aliphatic carbocycles. The van der Waals surface area contributed by atoms with Crippen LogP contribution in [0.25, 0.3) is 0 Å². The van der Waals surface area contributed by atoms with Crippen LogP contribution in [0.1, 0.15) is 13.8 Å². The highest BCUT2D eigenvalue weighted by molar-refractivity contribution is 5.75. The second-order valence-electron chi connectivity index (χ2n) is 5.02. The Kier molecular flexibility index (Phi) is 8.94. The molecule has 0 bridgehead atoms. The third kappa shape index (κ3) is 7.62. The Morgan fingerprint density at radius 2 is 1.68 bits per heavy atom. The van der Waals surface area contributed by atoms with E-state index in [0.717, 1.165) is 0 Å². The van der Waals surface area contributed by atoms with E-state index < -0.39 is 16.9 Å². The van der Waals surface area contributed by atoms with Gasteiger partial charge in [-0.3, -0.25) is 24.6 Å². The van der Waals surface area contributed by atoms with Crippen LogP contribution in [-0.4, -0.2) is 61.2 Å². The number of hydrogen-bond donors (Lipinski definition) is 1. The summed E-state index contributed by atoms with van der Waals surface area (Å²) in [4.78, 5) is 35.4. The van der Waals surface area contributed by atoms with Crippen molar-refractivity contribution in [3.8, 4) is 0 Å². The fourth-order valence-corrected chi connectivity index (χ4v) is 2.12. The van der Waals surface area contributed by atoms with E-state index in [4.69, 9.17) is 9.47 Å². The average molecular weight is 353 g/mol. The van der Waals surface area contributed by atoms with Gasteiger partial charge in [-0.25, -0.2) is 0 Å². The summed E-state index contributed by atoms with van der Waals surface area (Å²) in [6, 6.07) is 6.26. The molecule has 0 amide bonds. The van der Waals surface area contributed by atoms with Gasteiger partial charge in [-0.2, -0.15) is 0 Å². The number of para-hydroxylation sites is 2. The summed E-state index contributed by atoms with van der Waals surface area (Å²) >= 11 is 0. The van der Waals surface area contributed by atoms with Crippen molar-refractivity contribution in [2.75, 3.05) is 44.7 Å². The highest BCUT2D eigenvalue weighted by atomic mass is 16.6. The monoisotopic (exact) mass is 353 g/mol. The summed E-state index contributed by atoms with van der Waals surface area (Å²) < 4.78 is 9.77. The number of carbonyl (C=O) groups excluding carboxylic acids is 2. The van der Waals surface area contributed by atoms with Crippen LogP contribution >= 0.6 is 0 Å². The summed E-state index contributed by atoms with van der Waals surface area (Å²) in [6.07, 6.45) is 0. The van der Waals surface area contributed by atoms with Gasteiger partial charge >= 0.3 is 11.9 Å². The number of anilines is 1. The molecule has 1 aromatic rings. The molecule has 0 heterocycles. The summed E-state index contributed by atoms with van der Waals surface area (Å²) in [5, 5.41) is 13.9. The Labute approximate surface area is 146 Å². The minimum Gasteiger partial charge on any atom is -0.465 e. The van der Waals surface area contributed by atoms with Crippen LogP contribution in [0, 0.1) is 10.1 Å². The molecule has 0 fully saturated rings. The van der Waals surface area contributed by atoms with Crippen molar-refractivity contribution < 1.29 is 24.0 Å². The number of carbonyl (C=O) groups is 2. The maximum atomic E-state index is 11.6. The van der Waals surface area contributed by atoms with Gasteiger partial charge in [0.25, 0.3) is 5.69 Å². The Bertz CT molecular complexity index is 573. The topological polar surface area (TPSA) is 111 Å². The number of ether oxygens (including phenoxy) is 2. The molecule has 0 radical (unpaired) electrons. The maximum Gasteiger partial charge on any atom is 0.320 e. The number of nitrogens with zero attached hydrogens (tertiary/aromatic N) is 2. The number of benzene rings is 1. The number of rotatable bonds is 11. The molecule has 0 spiro atoms. The van der Waals surface area contributed by atoms with Crippen molar-refractivity contribution in [2.24, 2.45) is 0 Å². The van der Waals surface area contributed by atoms with Gasteiger partial charge in [-0.15, -0.1) is 0 Å². The molecule has 1 N–H and O–H groups in total. The van der Waals surface area contributed by atoms with E-state index in [9.17, 15) is 19.7 Å². The van der Waals surface area contributed by atoms with Crippen molar-refractivity contribution in [1.82, 2.24) is 4.90 Å². The Morgan fingerprint density at radius 1 is 1.12 bits per heavy atom. The first kappa shape index (κ1) is 20.4. The Hall–Kier alpha value is -2.68. The van der Waals surface area contributed by atoms with E-state index in [-0.39, 0.29) is 32.0 Å².